The molecule has 0 spiro atoms. The van der Waals surface area contributed by atoms with E-state index < -0.39 is 35.8 Å². The molecule has 1 aromatic carbocycles. The van der Waals surface area contributed by atoms with Gasteiger partial charge in [-0.25, -0.2) is 0 Å². The van der Waals surface area contributed by atoms with Gasteiger partial charge in [0.15, 0.2) is 11.5 Å². The Bertz CT molecular complexity index is 1040. The number of nitrogens with zero attached hydrogens (tertiary/aromatic N) is 1. The summed E-state index contributed by atoms with van der Waals surface area (Å²) < 4.78 is 12.1. The minimum Gasteiger partial charge on any atom is -0.493 e. The highest BCUT2D eigenvalue weighted by atomic mass is 127. The van der Waals surface area contributed by atoms with Crippen LogP contribution in [-0.2, 0) is 14.4 Å². The molecular weight excluding hydrogens is 583 g/mol. The van der Waals surface area contributed by atoms with Crippen LogP contribution in [0.5, 0.6) is 11.5 Å². The minimum atomic E-state index is -1.25. The van der Waals surface area contributed by atoms with Gasteiger partial charge in [-0.1, -0.05) is 6.92 Å². The van der Waals surface area contributed by atoms with Crippen molar-refractivity contribution in [2.45, 2.75) is 50.9 Å². The molecule has 1 fully saturated rings. The maximum absolute atomic E-state index is 13.0. The number of hydrogen-bond acceptors (Lipinski definition) is 8. The van der Waals surface area contributed by atoms with Gasteiger partial charge in [-0.05, 0) is 59.6 Å². The quantitative estimate of drug-likeness (QED) is 0.182. The summed E-state index contributed by atoms with van der Waals surface area (Å²) in [4.78, 5) is 50.9. The molecule has 2 aliphatic carbocycles. The lowest BCUT2D eigenvalue weighted by Gasteiger charge is -2.40. The molecule has 2 aliphatic rings. The van der Waals surface area contributed by atoms with Crippen LogP contribution in [0.25, 0.3) is 0 Å². The van der Waals surface area contributed by atoms with Crippen molar-refractivity contribution in [1.29, 1.82) is 0 Å². The van der Waals surface area contributed by atoms with Crippen molar-refractivity contribution >= 4 is 46.5 Å². The topological polar surface area (TPSA) is 142 Å². The maximum Gasteiger partial charge on any atom is 0.290 e. The second-order valence-corrected chi connectivity index (χ2v) is 10.0. The Morgan fingerprint density at radius 3 is 2.58 bits per heavy atom. The molecular formula is C25H31IN2O8. The Labute approximate surface area is 223 Å². The average molecular weight is 614 g/mol. The number of halogens is 1. The number of hydrogen-bond donors (Lipinski definition) is 3. The zero-order valence-corrected chi connectivity index (χ0v) is 22.4. The highest BCUT2D eigenvalue weighted by Gasteiger charge is 2.43. The number of carbonyl (C=O) groups is 4. The van der Waals surface area contributed by atoms with Gasteiger partial charge in [-0.2, -0.15) is 0 Å². The van der Waals surface area contributed by atoms with Gasteiger partial charge in [-0.3, -0.25) is 19.2 Å². The van der Waals surface area contributed by atoms with Crippen LogP contribution in [-0.4, -0.2) is 84.1 Å². The summed E-state index contributed by atoms with van der Waals surface area (Å²) in [6.07, 6.45) is 1.74. The number of aliphatic hydroxyl groups excluding tert-OH is 2. The first-order valence-electron chi connectivity index (χ1n) is 11.8. The van der Waals surface area contributed by atoms with Gasteiger partial charge in [0, 0.05) is 37.1 Å². The third kappa shape index (κ3) is 6.62. The molecule has 2 amide bonds. The Kier molecular flexibility index (Phi) is 9.85. The molecule has 11 heteroatoms. The minimum absolute atomic E-state index is 0.0199. The number of amides is 2. The SMILES string of the molecule is CCC(=O)C(=O)N(CC1CC1)[C@@H]1CC(C(=O)NCCO)=C[C@H](Oc2c(I)cc(C=O)cc2OC)[C@H]1O. The molecule has 0 saturated heterocycles. The second-order valence-electron chi connectivity index (χ2n) is 8.85. The van der Waals surface area contributed by atoms with Gasteiger partial charge >= 0.3 is 0 Å². The summed E-state index contributed by atoms with van der Waals surface area (Å²) in [7, 11) is 1.42. The van der Waals surface area contributed by atoms with Crippen LogP contribution in [0.4, 0.5) is 0 Å². The molecule has 196 valence electrons. The molecule has 3 atom stereocenters. The fraction of sp³-hybridized carbons (Fsp3) is 0.520. The van der Waals surface area contributed by atoms with E-state index in [0.29, 0.717) is 22.0 Å². The number of aldehydes is 1. The Morgan fingerprint density at radius 1 is 1.28 bits per heavy atom. The van der Waals surface area contributed by atoms with E-state index in [9.17, 15) is 24.3 Å². The van der Waals surface area contributed by atoms with Gasteiger partial charge < -0.3 is 29.9 Å². The molecule has 0 heterocycles. The summed E-state index contributed by atoms with van der Waals surface area (Å²) in [5.74, 6) is -0.948. The standard InChI is InChI=1S/C25H31IN2O8/c1-3-19(31)25(34)28(12-14-4-5-14)18-10-16(24(33)27-6-7-29)11-20(22(18)32)36-23-17(26)8-15(13-30)9-21(23)35-2/h8-9,11,13-14,18,20,22,29,32H,3-7,10,12H2,1-2H3,(H,27,33)/t18-,20+,22+/m1/s1. The largest absolute Gasteiger partial charge is 0.493 e. The molecule has 36 heavy (non-hydrogen) atoms. The fourth-order valence-electron chi connectivity index (χ4n) is 4.10. The van der Waals surface area contributed by atoms with Crippen LogP contribution in [0.2, 0.25) is 0 Å². The van der Waals surface area contributed by atoms with Crippen LogP contribution < -0.4 is 14.8 Å². The van der Waals surface area contributed by atoms with E-state index in [-0.39, 0.29) is 49.0 Å². The zero-order chi connectivity index (χ0) is 26.4. The molecule has 0 radical (unpaired) electrons. The summed E-state index contributed by atoms with van der Waals surface area (Å²) in [5, 5.41) is 23.1. The first-order valence-corrected chi connectivity index (χ1v) is 12.9. The van der Waals surface area contributed by atoms with Gasteiger partial charge in [0.25, 0.3) is 5.91 Å². The number of carbonyl (C=O) groups excluding carboxylic acids is 4. The second kappa shape index (κ2) is 12.6. The highest BCUT2D eigenvalue weighted by molar-refractivity contribution is 14.1. The Balaban J connectivity index is 2.00. The van der Waals surface area contributed by atoms with Crippen LogP contribution in [0, 0.1) is 9.49 Å². The number of nitrogens with one attached hydrogen (secondary N) is 1. The lowest BCUT2D eigenvalue weighted by atomic mass is 9.87. The van der Waals surface area contributed by atoms with Crippen molar-refractivity contribution in [2.75, 3.05) is 26.8 Å². The molecule has 3 N–H and O–H groups in total. The maximum atomic E-state index is 13.0. The average Bonchev–Trinajstić information content (AvgIpc) is 3.71. The van der Waals surface area contributed by atoms with E-state index in [1.807, 2.05) is 22.6 Å². The lowest BCUT2D eigenvalue weighted by Crippen LogP contribution is -2.56. The smallest absolute Gasteiger partial charge is 0.290 e. The molecule has 0 aliphatic heterocycles. The van der Waals surface area contributed by atoms with Crippen LogP contribution in [0.15, 0.2) is 23.8 Å². The van der Waals surface area contributed by atoms with Crippen LogP contribution in [0.3, 0.4) is 0 Å². The number of rotatable bonds is 12. The van der Waals surface area contributed by atoms with Gasteiger partial charge in [-0.15, -0.1) is 0 Å². The zero-order valence-electron chi connectivity index (χ0n) is 20.2. The van der Waals surface area contributed by atoms with Crippen molar-refractivity contribution in [3.8, 4) is 11.5 Å². The fourth-order valence-corrected chi connectivity index (χ4v) is 4.85. The molecule has 0 aromatic heterocycles. The molecule has 3 rings (SSSR count). The first kappa shape index (κ1) is 28.1. The molecule has 1 saturated carbocycles. The summed E-state index contributed by atoms with van der Waals surface area (Å²) in [6.45, 7) is 1.69. The number of Topliss-reactive ketones (excluding diaryl/α,β-unsaturated/α-hetero) is 1. The molecule has 0 unspecified atom stereocenters. The predicted molar refractivity (Wildman–Crippen MR) is 138 cm³/mol. The van der Waals surface area contributed by atoms with Crippen molar-refractivity contribution in [3.05, 3.63) is 32.9 Å². The van der Waals surface area contributed by atoms with Crippen LogP contribution >= 0.6 is 22.6 Å². The summed E-state index contributed by atoms with van der Waals surface area (Å²) in [6, 6.07) is 2.22. The third-order valence-electron chi connectivity index (χ3n) is 6.23. The molecule has 10 nitrogen and oxygen atoms in total. The van der Waals surface area contributed by atoms with Crippen LogP contribution in [0.1, 0.15) is 43.0 Å². The van der Waals surface area contributed by atoms with Gasteiger partial charge in [0.1, 0.15) is 18.5 Å². The van der Waals surface area contributed by atoms with E-state index in [1.54, 1.807) is 13.0 Å². The van der Waals surface area contributed by atoms with E-state index in [1.165, 1.54) is 24.2 Å². The monoisotopic (exact) mass is 614 g/mol. The van der Waals surface area contributed by atoms with Crippen molar-refractivity contribution in [1.82, 2.24) is 10.2 Å². The summed E-state index contributed by atoms with van der Waals surface area (Å²) in [5.41, 5.74) is 0.643. The van der Waals surface area contributed by atoms with E-state index >= 15 is 0 Å². The van der Waals surface area contributed by atoms with Crippen molar-refractivity contribution in [3.63, 3.8) is 0 Å². The van der Waals surface area contributed by atoms with Crippen molar-refractivity contribution < 1.29 is 38.9 Å². The Hall–Kier alpha value is -2.51. The van der Waals surface area contributed by atoms with Gasteiger partial charge in [0.05, 0.1) is 23.3 Å². The highest BCUT2D eigenvalue weighted by Crippen LogP contribution is 2.38. The third-order valence-corrected chi connectivity index (χ3v) is 7.03. The molecule has 0 bridgehead atoms. The van der Waals surface area contributed by atoms with Gasteiger partial charge in [0.2, 0.25) is 11.7 Å². The molecule has 1 aromatic rings. The number of ether oxygens (including phenoxy) is 2. The number of aliphatic hydroxyl groups is 2. The lowest BCUT2D eigenvalue weighted by molar-refractivity contribution is -0.149. The summed E-state index contributed by atoms with van der Waals surface area (Å²) >= 11 is 1.98. The van der Waals surface area contributed by atoms with Crippen molar-refractivity contribution in [2.24, 2.45) is 5.92 Å². The first-order chi connectivity index (χ1) is 17.2. The number of methoxy groups -OCH3 is 1. The normalized spacial score (nSPS) is 21.2. The van der Waals surface area contributed by atoms with E-state index in [2.05, 4.69) is 5.32 Å². The number of ketones is 1. The Morgan fingerprint density at radius 2 is 2.00 bits per heavy atom. The van der Waals surface area contributed by atoms with E-state index in [0.717, 1.165) is 12.8 Å². The predicted octanol–water partition coefficient (Wildman–Crippen LogP) is 1.25. The number of benzene rings is 1. The van der Waals surface area contributed by atoms with E-state index in [4.69, 9.17) is 14.6 Å².